The maximum atomic E-state index is 9.63. The number of hydrogen-bond donors (Lipinski definition) is 1. The minimum atomic E-state index is 0.378. The maximum Gasteiger partial charge on any atom is 0.129 e. The number of thioether (sulfide) groups is 2. The molecule has 0 radical (unpaired) electrons. The fraction of sp³-hybridized carbons (Fsp3) is 0.200. The number of phenolic OH excluding ortho intramolecular Hbond substituents is 1. The molecule has 0 unspecified atom stereocenters. The zero-order valence-corrected chi connectivity index (χ0v) is 11.9. The van der Waals surface area contributed by atoms with E-state index in [4.69, 9.17) is 0 Å². The molecule has 94 valence electrons. The Morgan fingerprint density at radius 1 is 0.889 bits per heavy atom. The Hall–Kier alpha value is -1.06. The van der Waals surface area contributed by atoms with E-state index in [0.717, 1.165) is 16.4 Å². The van der Waals surface area contributed by atoms with E-state index in [0.29, 0.717) is 5.75 Å². The van der Waals surface area contributed by atoms with Gasteiger partial charge in [-0.1, -0.05) is 29.8 Å². The summed E-state index contributed by atoms with van der Waals surface area (Å²) in [6.07, 6.45) is 0. The molecule has 0 atom stereocenters. The lowest BCUT2D eigenvalue weighted by atomic mass is 10.2. The first-order valence-electron chi connectivity index (χ1n) is 5.86. The quantitative estimate of drug-likeness (QED) is 0.637. The van der Waals surface area contributed by atoms with Gasteiger partial charge < -0.3 is 5.11 Å². The van der Waals surface area contributed by atoms with Crippen molar-refractivity contribution in [3.05, 3.63) is 54.1 Å². The van der Waals surface area contributed by atoms with E-state index < -0.39 is 0 Å². The number of rotatable bonds is 5. The van der Waals surface area contributed by atoms with Gasteiger partial charge in [0.15, 0.2) is 0 Å². The Labute approximate surface area is 117 Å². The highest BCUT2D eigenvalue weighted by atomic mass is 32.2. The summed E-state index contributed by atoms with van der Waals surface area (Å²) in [5, 5.41) is 9.63. The molecule has 0 aromatic heterocycles. The Kier molecular flexibility index (Phi) is 5.02. The van der Waals surface area contributed by atoms with Crippen LogP contribution in [0.1, 0.15) is 5.56 Å². The third kappa shape index (κ3) is 4.00. The van der Waals surface area contributed by atoms with Crippen molar-refractivity contribution in [2.45, 2.75) is 16.7 Å². The molecule has 0 fully saturated rings. The maximum absolute atomic E-state index is 9.63. The first kappa shape index (κ1) is 13.4. The molecule has 2 aromatic carbocycles. The molecule has 2 rings (SSSR count). The van der Waals surface area contributed by atoms with Crippen molar-refractivity contribution >= 4 is 23.5 Å². The van der Waals surface area contributed by atoms with Crippen LogP contribution in [0.2, 0.25) is 0 Å². The van der Waals surface area contributed by atoms with Gasteiger partial charge in [-0.3, -0.25) is 0 Å². The normalized spacial score (nSPS) is 10.5. The Balaban J connectivity index is 1.76. The molecule has 0 aliphatic rings. The molecule has 0 aliphatic carbocycles. The monoisotopic (exact) mass is 276 g/mol. The van der Waals surface area contributed by atoms with Gasteiger partial charge in [-0.2, -0.15) is 0 Å². The molecule has 0 amide bonds. The van der Waals surface area contributed by atoms with Gasteiger partial charge in [-0.15, -0.1) is 23.5 Å². The van der Waals surface area contributed by atoms with E-state index in [9.17, 15) is 5.11 Å². The SMILES string of the molecule is Cc1ccc(SCCSc2ccccc2O)cc1. The smallest absolute Gasteiger partial charge is 0.129 e. The number of phenols is 1. The van der Waals surface area contributed by atoms with Crippen molar-refractivity contribution in [3.8, 4) is 5.75 Å². The van der Waals surface area contributed by atoms with E-state index in [2.05, 4.69) is 31.2 Å². The molecule has 18 heavy (non-hydrogen) atoms. The highest BCUT2D eigenvalue weighted by molar-refractivity contribution is 8.03. The van der Waals surface area contributed by atoms with Crippen molar-refractivity contribution in [3.63, 3.8) is 0 Å². The molecule has 2 aromatic rings. The summed E-state index contributed by atoms with van der Waals surface area (Å²) in [6, 6.07) is 16.1. The average molecular weight is 276 g/mol. The van der Waals surface area contributed by atoms with E-state index in [1.165, 1.54) is 10.5 Å². The number of para-hydroxylation sites is 1. The van der Waals surface area contributed by atoms with Crippen LogP contribution >= 0.6 is 23.5 Å². The van der Waals surface area contributed by atoms with E-state index in [1.807, 2.05) is 30.0 Å². The second kappa shape index (κ2) is 6.76. The molecule has 1 N–H and O–H groups in total. The van der Waals surface area contributed by atoms with Crippen LogP contribution in [0.3, 0.4) is 0 Å². The summed E-state index contributed by atoms with van der Waals surface area (Å²) >= 11 is 3.55. The van der Waals surface area contributed by atoms with Gasteiger partial charge in [-0.25, -0.2) is 0 Å². The minimum absolute atomic E-state index is 0.378. The number of benzene rings is 2. The standard InChI is InChI=1S/C15H16OS2/c1-12-6-8-13(9-7-12)17-10-11-18-15-5-3-2-4-14(15)16/h2-9,16H,10-11H2,1H3. The zero-order chi connectivity index (χ0) is 12.8. The van der Waals surface area contributed by atoms with Gasteiger partial charge in [0, 0.05) is 21.3 Å². The van der Waals surface area contributed by atoms with Gasteiger partial charge in [0.2, 0.25) is 0 Å². The molecule has 3 heteroatoms. The summed E-state index contributed by atoms with van der Waals surface area (Å²) in [6.45, 7) is 2.10. The summed E-state index contributed by atoms with van der Waals surface area (Å²) in [7, 11) is 0. The highest BCUT2D eigenvalue weighted by Gasteiger charge is 2.00. The molecule has 0 saturated heterocycles. The molecule has 0 spiro atoms. The summed E-state index contributed by atoms with van der Waals surface area (Å²) in [5.41, 5.74) is 1.29. The Morgan fingerprint density at radius 2 is 1.56 bits per heavy atom. The van der Waals surface area contributed by atoms with E-state index in [-0.39, 0.29) is 0 Å². The third-order valence-electron chi connectivity index (χ3n) is 2.50. The van der Waals surface area contributed by atoms with Crippen LogP contribution in [0.15, 0.2) is 58.3 Å². The van der Waals surface area contributed by atoms with Crippen LogP contribution in [0.4, 0.5) is 0 Å². The van der Waals surface area contributed by atoms with Crippen LogP contribution < -0.4 is 0 Å². The Morgan fingerprint density at radius 3 is 2.28 bits per heavy atom. The van der Waals surface area contributed by atoms with Gasteiger partial charge >= 0.3 is 0 Å². The summed E-state index contributed by atoms with van der Waals surface area (Å²) in [5.74, 6) is 2.42. The fourth-order valence-corrected chi connectivity index (χ4v) is 3.37. The predicted molar refractivity (Wildman–Crippen MR) is 80.7 cm³/mol. The van der Waals surface area contributed by atoms with E-state index in [1.54, 1.807) is 17.8 Å². The minimum Gasteiger partial charge on any atom is -0.507 e. The Bertz CT molecular complexity index is 494. The zero-order valence-electron chi connectivity index (χ0n) is 10.3. The van der Waals surface area contributed by atoms with E-state index >= 15 is 0 Å². The number of hydrogen-bond acceptors (Lipinski definition) is 3. The summed E-state index contributed by atoms with van der Waals surface area (Å²) in [4.78, 5) is 2.26. The average Bonchev–Trinajstić information content (AvgIpc) is 2.39. The highest BCUT2D eigenvalue weighted by Crippen LogP contribution is 2.29. The second-order valence-electron chi connectivity index (χ2n) is 3.98. The topological polar surface area (TPSA) is 20.2 Å². The van der Waals surface area contributed by atoms with Crippen molar-refractivity contribution in [1.82, 2.24) is 0 Å². The first-order chi connectivity index (χ1) is 8.75. The molecule has 0 heterocycles. The first-order valence-corrected chi connectivity index (χ1v) is 7.83. The predicted octanol–water partition coefficient (Wildman–Crippen LogP) is 4.59. The van der Waals surface area contributed by atoms with Crippen LogP contribution in [0.25, 0.3) is 0 Å². The van der Waals surface area contributed by atoms with Crippen molar-refractivity contribution in [2.75, 3.05) is 11.5 Å². The number of aryl methyl sites for hydroxylation is 1. The van der Waals surface area contributed by atoms with Gasteiger partial charge in [-0.05, 0) is 31.2 Å². The summed E-state index contributed by atoms with van der Waals surface area (Å²) < 4.78 is 0. The number of aromatic hydroxyl groups is 1. The molecule has 0 aliphatic heterocycles. The van der Waals surface area contributed by atoms with Crippen LogP contribution in [0.5, 0.6) is 5.75 Å². The molecule has 0 bridgehead atoms. The lowest BCUT2D eigenvalue weighted by Crippen LogP contribution is -1.84. The van der Waals surface area contributed by atoms with Crippen molar-refractivity contribution < 1.29 is 5.11 Å². The lowest BCUT2D eigenvalue weighted by molar-refractivity contribution is 0.462. The van der Waals surface area contributed by atoms with Gasteiger partial charge in [0.1, 0.15) is 5.75 Å². The third-order valence-corrected chi connectivity index (χ3v) is 4.83. The van der Waals surface area contributed by atoms with Gasteiger partial charge in [0.25, 0.3) is 0 Å². The van der Waals surface area contributed by atoms with Gasteiger partial charge in [0.05, 0.1) is 0 Å². The molecule has 1 nitrogen and oxygen atoms in total. The van der Waals surface area contributed by atoms with Crippen LogP contribution in [-0.4, -0.2) is 16.6 Å². The van der Waals surface area contributed by atoms with Crippen molar-refractivity contribution in [2.24, 2.45) is 0 Å². The fourth-order valence-electron chi connectivity index (χ4n) is 1.52. The van der Waals surface area contributed by atoms with Crippen LogP contribution in [0, 0.1) is 6.92 Å². The molecular formula is C15H16OS2. The molecular weight excluding hydrogens is 260 g/mol. The molecule has 0 saturated carbocycles. The lowest BCUT2D eigenvalue weighted by Gasteiger charge is -2.04. The van der Waals surface area contributed by atoms with Crippen LogP contribution in [-0.2, 0) is 0 Å². The second-order valence-corrected chi connectivity index (χ2v) is 6.28. The van der Waals surface area contributed by atoms with Crippen molar-refractivity contribution in [1.29, 1.82) is 0 Å². The largest absolute Gasteiger partial charge is 0.507 e.